The number of benzene rings is 3. The zero-order valence-electron chi connectivity index (χ0n) is 17.2. The fourth-order valence-electron chi connectivity index (χ4n) is 3.86. The van der Waals surface area contributed by atoms with E-state index in [9.17, 15) is 0 Å². The molecule has 1 aromatic heterocycles. The maximum atomic E-state index is 6.07. The van der Waals surface area contributed by atoms with Crippen LogP contribution in [0, 0.1) is 13.8 Å². The smallest absolute Gasteiger partial charge is 0.128 e. The molecule has 0 fully saturated rings. The third-order valence-electron chi connectivity index (χ3n) is 5.60. The van der Waals surface area contributed by atoms with Gasteiger partial charge in [-0.05, 0) is 80.6 Å². The zero-order valence-corrected chi connectivity index (χ0v) is 17.2. The molecule has 0 atom stereocenters. The van der Waals surface area contributed by atoms with Crippen LogP contribution in [0.25, 0.3) is 22.2 Å². The number of hydrogen-bond donors (Lipinski definition) is 2. The molecule has 148 valence electrons. The Bertz CT molecular complexity index is 1110. The molecular formula is C26H28N2O. The fourth-order valence-corrected chi connectivity index (χ4v) is 3.86. The van der Waals surface area contributed by atoms with Crippen LogP contribution in [0.3, 0.4) is 0 Å². The Morgan fingerprint density at radius 2 is 1.66 bits per heavy atom. The van der Waals surface area contributed by atoms with Gasteiger partial charge in [0.1, 0.15) is 11.5 Å². The molecule has 0 saturated heterocycles. The van der Waals surface area contributed by atoms with Gasteiger partial charge in [0.15, 0.2) is 0 Å². The third kappa shape index (κ3) is 4.06. The Balaban J connectivity index is 1.77. The van der Waals surface area contributed by atoms with Gasteiger partial charge in [0.05, 0.1) is 0 Å². The highest BCUT2D eigenvalue weighted by molar-refractivity contribution is 5.93. The number of H-pyrrole nitrogens is 1. The van der Waals surface area contributed by atoms with Crippen LogP contribution in [0.5, 0.6) is 11.5 Å². The van der Waals surface area contributed by atoms with E-state index in [1.165, 1.54) is 33.3 Å². The van der Waals surface area contributed by atoms with Crippen molar-refractivity contribution in [3.05, 3.63) is 83.4 Å². The van der Waals surface area contributed by atoms with Crippen molar-refractivity contribution in [1.82, 2.24) is 4.98 Å². The second-order valence-corrected chi connectivity index (χ2v) is 7.60. The van der Waals surface area contributed by atoms with E-state index in [0.717, 1.165) is 42.9 Å². The molecule has 3 aromatic carbocycles. The van der Waals surface area contributed by atoms with Crippen LogP contribution in [0.1, 0.15) is 29.5 Å². The summed E-state index contributed by atoms with van der Waals surface area (Å²) in [5.41, 5.74) is 13.3. The number of unbranched alkanes of at least 4 members (excludes halogenated alkanes) is 1. The molecule has 0 saturated carbocycles. The molecule has 0 aliphatic rings. The molecule has 3 nitrogen and oxygen atoms in total. The summed E-state index contributed by atoms with van der Waals surface area (Å²) in [6.45, 7) is 5.09. The number of nitrogens with two attached hydrogens (primary N) is 1. The highest BCUT2D eigenvalue weighted by Crippen LogP contribution is 2.35. The maximum Gasteiger partial charge on any atom is 0.128 e. The molecule has 4 rings (SSSR count). The predicted molar refractivity (Wildman–Crippen MR) is 122 cm³/mol. The zero-order chi connectivity index (χ0) is 20.2. The van der Waals surface area contributed by atoms with E-state index in [1.807, 2.05) is 36.4 Å². The summed E-state index contributed by atoms with van der Waals surface area (Å²) in [4.78, 5) is 3.72. The van der Waals surface area contributed by atoms with Crippen molar-refractivity contribution in [3.63, 3.8) is 0 Å². The summed E-state index contributed by atoms with van der Waals surface area (Å²) in [5.74, 6) is 1.68. The van der Waals surface area contributed by atoms with Crippen molar-refractivity contribution < 1.29 is 4.74 Å². The van der Waals surface area contributed by atoms with Gasteiger partial charge >= 0.3 is 0 Å². The van der Waals surface area contributed by atoms with Crippen LogP contribution in [0.2, 0.25) is 0 Å². The molecule has 3 N–H and O–H groups in total. The van der Waals surface area contributed by atoms with E-state index >= 15 is 0 Å². The van der Waals surface area contributed by atoms with Crippen molar-refractivity contribution in [2.45, 2.75) is 33.1 Å². The van der Waals surface area contributed by atoms with E-state index in [-0.39, 0.29) is 0 Å². The van der Waals surface area contributed by atoms with Crippen molar-refractivity contribution in [2.75, 3.05) is 6.54 Å². The van der Waals surface area contributed by atoms with Crippen LogP contribution in [-0.4, -0.2) is 11.5 Å². The SMILES string of the molecule is Cc1ccc2c(CCCCN)c(-c3cccc(Oc4ccccc4)c3)[nH]c2c1C. The molecular weight excluding hydrogens is 356 g/mol. The van der Waals surface area contributed by atoms with Gasteiger partial charge < -0.3 is 15.5 Å². The first kappa shape index (κ1) is 19.3. The molecule has 0 unspecified atom stereocenters. The molecule has 0 spiro atoms. The topological polar surface area (TPSA) is 51.0 Å². The van der Waals surface area contributed by atoms with Crippen LogP contribution in [0.4, 0.5) is 0 Å². The number of hydrogen-bond acceptors (Lipinski definition) is 2. The number of ether oxygens (including phenoxy) is 1. The van der Waals surface area contributed by atoms with Crippen LogP contribution >= 0.6 is 0 Å². The minimum Gasteiger partial charge on any atom is -0.457 e. The minimum absolute atomic E-state index is 0.732. The van der Waals surface area contributed by atoms with E-state index in [1.54, 1.807) is 0 Å². The molecule has 0 aliphatic carbocycles. The lowest BCUT2D eigenvalue weighted by Crippen LogP contribution is -1.99. The Morgan fingerprint density at radius 3 is 2.45 bits per heavy atom. The summed E-state index contributed by atoms with van der Waals surface area (Å²) in [6.07, 6.45) is 3.14. The Kier molecular flexibility index (Phi) is 5.68. The Labute approximate surface area is 172 Å². The normalized spacial score (nSPS) is 11.1. The van der Waals surface area contributed by atoms with Crippen molar-refractivity contribution >= 4 is 10.9 Å². The average molecular weight is 385 g/mol. The monoisotopic (exact) mass is 384 g/mol. The molecule has 3 heteroatoms. The van der Waals surface area contributed by atoms with Crippen LogP contribution in [0.15, 0.2) is 66.7 Å². The number of para-hydroxylation sites is 1. The van der Waals surface area contributed by atoms with Gasteiger partial charge in [0, 0.05) is 22.2 Å². The van der Waals surface area contributed by atoms with Gasteiger partial charge in [-0.1, -0.05) is 42.5 Å². The van der Waals surface area contributed by atoms with Crippen molar-refractivity contribution in [3.8, 4) is 22.8 Å². The van der Waals surface area contributed by atoms with E-state index in [4.69, 9.17) is 10.5 Å². The minimum atomic E-state index is 0.732. The highest BCUT2D eigenvalue weighted by Gasteiger charge is 2.15. The molecule has 0 aliphatic heterocycles. The lowest BCUT2D eigenvalue weighted by Gasteiger charge is -2.09. The number of aryl methyl sites for hydroxylation is 3. The molecule has 29 heavy (non-hydrogen) atoms. The summed E-state index contributed by atoms with van der Waals surface area (Å²) < 4.78 is 6.07. The molecule has 1 heterocycles. The van der Waals surface area contributed by atoms with Gasteiger partial charge in [-0.15, -0.1) is 0 Å². The van der Waals surface area contributed by atoms with Crippen LogP contribution < -0.4 is 10.5 Å². The molecule has 0 bridgehead atoms. The number of nitrogens with one attached hydrogen (secondary N) is 1. The van der Waals surface area contributed by atoms with Gasteiger partial charge in [-0.25, -0.2) is 0 Å². The Hall–Kier alpha value is -3.04. The second-order valence-electron chi connectivity index (χ2n) is 7.60. The summed E-state index contributed by atoms with van der Waals surface area (Å²) in [6, 6.07) is 22.7. The summed E-state index contributed by atoms with van der Waals surface area (Å²) in [7, 11) is 0. The third-order valence-corrected chi connectivity index (χ3v) is 5.60. The average Bonchev–Trinajstić information content (AvgIpc) is 3.11. The second kappa shape index (κ2) is 8.54. The largest absolute Gasteiger partial charge is 0.457 e. The molecule has 0 amide bonds. The first-order chi connectivity index (χ1) is 14.2. The standard InChI is InChI=1S/C26H28N2O/c1-18-14-15-24-23(13-6-7-16-27)26(28-25(24)19(18)2)20-9-8-12-22(17-20)29-21-10-4-3-5-11-21/h3-5,8-12,14-15,17,28H,6-7,13,16,27H2,1-2H3. The highest BCUT2D eigenvalue weighted by atomic mass is 16.5. The Morgan fingerprint density at radius 1 is 0.862 bits per heavy atom. The molecule has 4 aromatic rings. The first-order valence-corrected chi connectivity index (χ1v) is 10.3. The van der Waals surface area contributed by atoms with Crippen molar-refractivity contribution in [2.24, 2.45) is 5.73 Å². The predicted octanol–water partition coefficient (Wildman–Crippen LogP) is 6.53. The van der Waals surface area contributed by atoms with Gasteiger partial charge in [0.2, 0.25) is 0 Å². The number of rotatable bonds is 7. The number of aromatic nitrogens is 1. The van der Waals surface area contributed by atoms with Crippen molar-refractivity contribution in [1.29, 1.82) is 0 Å². The lowest BCUT2D eigenvalue weighted by molar-refractivity contribution is 0.483. The van der Waals surface area contributed by atoms with Crippen LogP contribution in [-0.2, 0) is 6.42 Å². The molecule has 0 radical (unpaired) electrons. The quantitative estimate of drug-likeness (QED) is 0.356. The van der Waals surface area contributed by atoms with E-state index < -0.39 is 0 Å². The lowest BCUT2D eigenvalue weighted by atomic mass is 9.98. The van der Waals surface area contributed by atoms with Gasteiger partial charge in [-0.2, -0.15) is 0 Å². The maximum absolute atomic E-state index is 6.07. The summed E-state index contributed by atoms with van der Waals surface area (Å²) in [5, 5.41) is 1.31. The van der Waals surface area contributed by atoms with Gasteiger partial charge in [0.25, 0.3) is 0 Å². The van der Waals surface area contributed by atoms with E-state index in [0.29, 0.717) is 0 Å². The summed E-state index contributed by atoms with van der Waals surface area (Å²) >= 11 is 0. The van der Waals surface area contributed by atoms with Gasteiger partial charge in [-0.3, -0.25) is 0 Å². The first-order valence-electron chi connectivity index (χ1n) is 10.3. The number of aromatic amines is 1. The number of fused-ring (bicyclic) bond motifs is 1. The fraction of sp³-hybridized carbons (Fsp3) is 0.231. The van der Waals surface area contributed by atoms with E-state index in [2.05, 4.69) is 49.2 Å².